The van der Waals surface area contributed by atoms with E-state index in [2.05, 4.69) is 0 Å². The van der Waals surface area contributed by atoms with Gasteiger partial charge in [0, 0.05) is 17.0 Å². The number of benzene rings is 1. The van der Waals surface area contributed by atoms with E-state index in [0.29, 0.717) is 37.3 Å². The third-order valence-electron chi connectivity index (χ3n) is 3.51. The molecule has 0 aliphatic rings. The molecule has 1 aromatic heterocycles. The predicted octanol–water partition coefficient (Wildman–Crippen LogP) is 4.42. The molecule has 1 heterocycles. The van der Waals surface area contributed by atoms with E-state index in [0.717, 1.165) is 0 Å². The highest BCUT2D eigenvalue weighted by Crippen LogP contribution is 2.39. The summed E-state index contributed by atoms with van der Waals surface area (Å²) < 4.78 is 44.6. The molecule has 0 radical (unpaired) electrons. The third kappa shape index (κ3) is 2.96. The molecule has 120 valence electrons. The number of hydrogen-bond acceptors (Lipinski definition) is 3. The summed E-state index contributed by atoms with van der Waals surface area (Å²) in [6, 6.07) is 1.74. The number of phenols is 1. The molecule has 0 amide bonds. The summed E-state index contributed by atoms with van der Waals surface area (Å²) in [5.74, 6) is -0.0707. The number of rotatable bonds is 4. The van der Waals surface area contributed by atoms with Crippen molar-refractivity contribution < 1.29 is 22.7 Å². The number of alkyl halides is 3. The summed E-state index contributed by atoms with van der Waals surface area (Å²) in [5.41, 5.74) is -1.54. The van der Waals surface area contributed by atoms with Gasteiger partial charge in [-0.15, -0.1) is 0 Å². The fourth-order valence-electron chi connectivity index (χ4n) is 2.59. The summed E-state index contributed by atoms with van der Waals surface area (Å²) in [6.45, 7) is 3.71. The van der Waals surface area contributed by atoms with Crippen molar-refractivity contribution in [2.24, 2.45) is 0 Å². The van der Waals surface area contributed by atoms with Gasteiger partial charge in [-0.05, 0) is 24.5 Å². The lowest BCUT2D eigenvalue weighted by atomic mass is 9.96. The molecule has 0 bridgehead atoms. The molecule has 3 nitrogen and oxygen atoms in total. The van der Waals surface area contributed by atoms with Gasteiger partial charge in [-0.25, -0.2) is 4.79 Å². The highest BCUT2D eigenvalue weighted by atomic mass is 19.4. The van der Waals surface area contributed by atoms with E-state index in [9.17, 15) is 23.1 Å². The molecule has 0 fully saturated rings. The summed E-state index contributed by atoms with van der Waals surface area (Å²) in [4.78, 5) is 11.5. The molecule has 0 atom stereocenters. The van der Waals surface area contributed by atoms with Crippen LogP contribution in [-0.4, -0.2) is 5.11 Å². The Hall–Kier alpha value is -1.98. The molecule has 0 unspecified atom stereocenters. The lowest BCUT2D eigenvalue weighted by molar-refractivity contribution is -0.136. The SMILES string of the molecule is CCCc1cc2c(C(F)(F)F)cc(=O)oc2c(CCC)c1O. The number of halogens is 3. The Labute approximate surface area is 125 Å². The maximum Gasteiger partial charge on any atom is 0.417 e. The van der Waals surface area contributed by atoms with Gasteiger partial charge >= 0.3 is 11.8 Å². The quantitative estimate of drug-likeness (QED) is 0.850. The van der Waals surface area contributed by atoms with Crippen LogP contribution in [0.4, 0.5) is 13.2 Å². The highest BCUT2D eigenvalue weighted by Gasteiger charge is 2.34. The van der Waals surface area contributed by atoms with Crippen LogP contribution in [0.1, 0.15) is 43.4 Å². The molecule has 6 heteroatoms. The summed E-state index contributed by atoms with van der Waals surface area (Å²) in [5, 5.41) is 10.1. The second-order valence-corrected chi connectivity index (χ2v) is 5.22. The van der Waals surface area contributed by atoms with Crippen molar-refractivity contribution in [2.45, 2.75) is 45.7 Å². The topological polar surface area (TPSA) is 50.4 Å². The van der Waals surface area contributed by atoms with Gasteiger partial charge in [-0.3, -0.25) is 0 Å². The van der Waals surface area contributed by atoms with Crippen molar-refractivity contribution in [1.29, 1.82) is 0 Å². The Balaban J connectivity index is 2.92. The first-order chi connectivity index (χ1) is 10.3. The van der Waals surface area contributed by atoms with Crippen molar-refractivity contribution in [3.05, 3.63) is 39.2 Å². The first-order valence-electron chi connectivity index (χ1n) is 7.18. The molecular weight excluding hydrogens is 297 g/mol. The van der Waals surface area contributed by atoms with Gasteiger partial charge < -0.3 is 9.52 Å². The van der Waals surface area contributed by atoms with E-state index < -0.39 is 17.4 Å². The number of phenolic OH excluding ortho intramolecular Hbond substituents is 1. The Morgan fingerprint density at radius 3 is 2.32 bits per heavy atom. The van der Waals surface area contributed by atoms with Crippen LogP contribution in [0.15, 0.2) is 21.3 Å². The molecular formula is C16H17F3O3. The zero-order chi connectivity index (χ0) is 16.5. The van der Waals surface area contributed by atoms with E-state index in [1.165, 1.54) is 6.07 Å². The Morgan fingerprint density at radius 2 is 1.77 bits per heavy atom. The molecule has 1 aromatic carbocycles. The van der Waals surface area contributed by atoms with Crippen LogP contribution in [0.2, 0.25) is 0 Å². The highest BCUT2D eigenvalue weighted by molar-refractivity contribution is 5.87. The zero-order valence-corrected chi connectivity index (χ0v) is 12.4. The standard InChI is InChI=1S/C16H17F3O3/c1-3-5-9-7-11-12(16(17,18)19)8-13(20)22-15(11)10(6-4-2)14(9)21/h7-8,21H,3-6H2,1-2H3. The number of aromatic hydroxyl groups is 1. The van der Waals surface area contributed by atoms with Crippen LogP contribution in [-0.2, 0) is 19.0 Å². The molecule has 0 aliphatic carbocycles. The van der Waals surface area contributed by atoms with E-state index >= 15 is 0 Å². The minimum Gasteiger partial charge on any atom is -0.507 e. The minimum atomic E-state index is -4.65. The second-order valence-electron chi connectivity index (χ2n) is 5.22. The van der Waals surface area contributed by atoms with Gasteiger partial charge in [0.1, 0.15) is 11.3 Å². The van der Waals surface area contributed by atoms with Crippen LogP contribution < -0.4 is 5.63 Å². The fraction of sp³-hybridized carbons (Fsp3) is 0.438. The minimum absolute atomic E-state index is 0.0707. The molecule has 22 heavy (non-hydrogen) atoms. The molecule has 0 saturated carbocycles. The molecule has 0 saturated heterocycles. The largest absolute Gasteiger partial charge is 0.507 e. The molecule has 0 aliphatic heterocycles. The van der Waals surface area contributed by atoms with Crippen LogP contribution in [0.25, 0.3) is 11.0 Å². The van der Waals surface area contributed by atoms with Crippen LogP contribution in [0, 0.1) is 0 Å². The molecule has 1 N–H and O–H groups in total. The van der Waals surface area contributed by atoms with E-state index in [1.54, 1.807) is 0 Å². The number of aryl methyl sites for hydroxylation is 2. The first-order valence-corrected chi connectivity index (χ1v) is 7.18. The maximum atomic E-state index is 13.2. The molecule has 2 aromatic rings. The van der Waals surface area contributed by atoms with Crippen LogP contribution in [0.5, 0.6) is 5.75 Å². The lowest BCUT2D eigenvalue weighted by Gasteiger charge is -2.15. The van der Waals surface area contributed by atoms with Gasteiger partial charge in [0.05, 0.1) is 5.56 Å². The number of fused-ring (bicyclic) bond motifs is 1. The van der Waals surface area contributed by atoms with E-state index in [-0.39, 0.29) is 22.3 Å². The van der Waals surface area contributed by atoms with Gasteiger partial charge in [-0.2, -0.15) is 13.2 Å². The van der Waals surface area contributed by atoms with Crippen molar-refractivity contribution in [2.75, 3.05) is 0 Å². The predicted molar refractivity (Wildman–Crippen MR) is 77.1 cm³/mol. The van der Waals surface area contributed by atoms with Gasteiger partial charge in [0.15, 0.2) is 0 Å². The summed E-state index contributed by atoms with van der Waals surface area (Å²) in [6.07, 6.45) is -2.57. The smallest absolute Gasteiger partial charge is 0.417 e. The summed E-state index contributed by atoms with van der Waals surface area (Å²) in [7, 11) is 0. The van der Waals surface area contributed by atoms with Crippen LogP contribution in [0.3, 0.4) is 0 Å². The average Bonchev–Trinajstić information content (AvgIpc) is 2.42. The van der Waals surface area contributed by atoms with Crippen molar-refractivity contribution in [3.63, 3.8) is 0 Å². The Bertz CT molecular complexity index is 745. The molecule has 2 rings (SSSR count). The van der Waals surface area contributed by atoms with Crippen molar-refractivity contribution in [1.82, 2.24) is 0 Å². The third-order valence-corrected chi connectivity index (χ3v) is 3.51. The van der Waals surface area contributed by atoms with Gasteiger partial charge in [0.25, 0.3) is 0 Å². The Morgan fingerprint density at radius 1 is 1.14 bits per heavy atom. The second kappa shape index (κ2) is 6.02. The molecule has 0 spiro atoms. The van der Waals surface area contributed by atoms with Crippen molar-refractivity contribution >= 4 is 11.0 Å². The maximum absolute atomic E-state index is 13.2. The van der Waals surface area contributed by atoms with E-state index in [1.807, 2.05) is 13.8 Å². The summed E-state index contributed by atoms with van der Waals surface area (Å²) >= 11 is 0. The van der Waals surface area contributed by atoms with Gasteiger partial charge in [0.2, 0.25) is 0 Å². The normalized spacial score (nSPS) is 12.0. The lowest BCUT2D eigenvalue weighted by Crippen LogP contribution is -2.12. The van der Waals surface area contributed by atoms with Crippen LogP contribution >= 0.6 is 0 Å². The first kappa shape index (κ1) is 16.4. The zero-order valence-electron chi connectivity index (χ0n) is 12.4. The van der Waals surface area contributed by atoms with Gasteiger partial charge in [-0.1, -0.05) is 26.7 Å². The monoisotopic (exact) mass is 314 g/mol. The van der Waals surface area contributed by atoms with Crippen molar-refractivity contribution in [3.8, 4) is 5.75 Å². The number of hydrogen-bond donors (Lipinski definition) is 1. The fourth-order valence-corrected chi connectivity index (χ4v) is 2.59. The van der Waals surface area contributed by atoms with E-state index in [4.69, 9.17) is 4.42 Å². The Kier molecular flexibility index (Phi) is 4.49. The average molecular weight is 314 g/mol.